The molecule has 2 aliphatic heterocycles. The van der Waals surface area contributed by atoms with Gasteiger partial charge in [0.25, 0.3) is 11.8 Å². The molecule has 3 aromatic rings. The molecule has 0 unspecified atom stereocenters. The van der Waals surface area contributed by atoms with Crippen molar-refractivity contribution in [2.45, 2.75) is 32.0 Å². The fraction of sp³-hybridized carbons (Fsp3) is 0.259. The van der Waals surface area contributed by atoms with Gasteiger partial charge in [-0.15, -0.1) is 0 Å². The Hall–Kier alpha value is -3.80. The zero-order valence-electron chi connectivity index (χ0n) is 18.7. The van der Waals surface area contributed by atoms with Gasteiger partial charge in [-0.1, -0.05) is 30.3 Å². The zero-order valence-corrected chi connectivity index (χ0v) is 18.7. The minimum absolute atomic E-state index is 0.0610. The topological polar surface area (TPSA) is 61.9 Å². The van der Waals surface area contributed by atoms with Crippen LogP contribution in [0.1, 0.15) is 45.5 Å². The predicted molar refractivity (Wildman–Crippen MR) is 129 cm³/mol. The van der Waals surface area contributed by atoms with Crippen molar-refractivity contribution < 1.29 is 14.3 Å². The Labute approximate surface area is 193 Å². The van der Waals surface area contributed by atoms with E-state index in [1.807, 2.05) is 72.6 Å². The molecule has 168 valence electrons. The lowest BCUT2D eigenvalue weighted by Crippen LogP contribution is -2.55. The number of hydrogen-bond acceptors (Lipinski definition) is 4. The largest absolute Gasteiger partial charge is 0.489 e. The van der Waals surface area contributed by atoms with Gasteiger partial charge in [-0.3, -0.25) is 9.59 Å². The average molecular weight is 442 g/mol. The summed E-state index contributed by atoms with van der Waals surface area (Å²) in [6, 6.07) is 22.6. The van der Waals surface area contributed by atoms with E-state index in [9.17, 15) is 9.59 Å². The van der Waals surface area contributed by atoms with Gasteiger partial charge in [-0.2, -0.15) is 0 Å². The van der Waals surface area contributed by atoms with Crippen LogP contribution in [-0.2, 0) is 6.61 Å². The summed E-state index contributed by atoms with van der Waals surface area (Å²) in [6.07, 6.45) is 3.18. The van der Waals surface area contributed by atoms with Crippen molar-refractivity contribution in [3.63, 3.8) is 0 Å². The van der Waals surface area contributed by atoms with Gasteiger partial charge in [0.15, 0.2) is 0 Å². The highest BCUT2D eigenvalue weighted by Crippen LogP contribution is 2.35. The molecule has 2 amide bonds. The van der Waals surface area contributed by atoms with Crippen LogP contribution in [0.25, 0.3) is 0 Å². The molecule has 6 nitrogen and oxygen atoms in total. The summed E-state index contributed by atoms with van der Waals surface area (Å²) in [6.45, 7) is 1.28. The lowest BCUT2D eigenvalue weighted by Gasteiger charge is -2.46. The van der Waals surface area contributed by atoms with Gasteiger partial charge in [0.05, 0.1) is 11.3 Å². The molecule has 0 radical (unpaired) electrons. The van der Waals surface area contributed by atoms with Gasteiger partial charge in [0.1, 0.15) is 18.5 Å². The van der Waals surface area contributed by atoms with E-state index in [2.05, 4.69) is 10.2 Å². The maximum absolute atomic E-state index is 12.9. The van der Waals surface area contributed by atoms with Crippen LogP contribution in [0, 0.1) is 0 Å². The van der Waals surface area contributed by atoms with Crippen LogP contribution >= 0.6 is 0 Å². The standard InChI is InChI=1S/C27H27N3O3/c1-29-24-17-20(10-15-23(24)27(32)30-16-6-5-9-25(29)30)26(31)28-21-11-13-22(14-12-21)33-18-19-7-3-2-4-8-19/h2-4,7-8,10-15,17,25H,5-6,9,16,18H2,1H3,(H,28,31)/t25-/m1/s1. The van der Waals surface area contributed by atoms with Crippen LogP contribution in [-0.4, -0.2) is 36.5 Å². The molecular formula is C27H27N3O3. The van der Waals surface area contributed by atoms with E-state index >= 15 is 0 Å². The number of nitrogens with zero attached hydrogens (tertiary/aromatic N) is 2. The van der Waals surface area contributed by atoms with Crippen LogP contribution < -0.4 is 15.0 Å². The Morgan fingerprint density at radius 1 is 1.03 bits per heavy atom. The quantitative estimate of drug-likeness (QED) is 0.611. The molecule has 33 heavy (non-hydrogen) atoms. The van der Waals surface area contributed by atoms with E-state index in [0.717, 1.165) is 42.8 Å². The highest BCUT2D eigenvalue weighted by Gasteiger charge is 2.37. The Balaban J connectivity index is 1.27. The molecule has 1 N–H and O–H groups in total. The molecule has 1 fully saturated rings. The molecule has 0 saturated carbocycles. The van der Waals surface area contributed by atoms with Crippen LogP contribution in [0.2, 0.25) is 0 Å². The first-order chi connectivity index (χ1) is 16.1. The van der Waals surface area contributed by atoms with E-state index < -0.39 is 0 Å². The molecule has 3 aromatic carbocycles. The third kappa shape index (κ3) is 4.29. The Bertz CT molecular complexity index is 1160. The SMILES string of the molecule is CN1c2cc(C(=O)Nc3ccc(OCc4ccccc4)cc3)ccc2C(=O)N2CCCC[C@@H]21. The van der Waals surface area contributed by atoms with E-state index in [-0.39, 0.29) is 18.0 Å². The van der Waals surface area contributed by atoms with Crippen molar-refractivity contribution in [1.82, 2.24) is 4.90 Å². The second kappa shape index (κ2) is 8.98. The summed E-state index contributed by atoms with van der Waals surface area (Å²) in [4.78, 5) is 29.9. The molecule has 5 rings (SSSR count). The lowest BCUT2D eigenvalue weighted by molar-refractivity contribution is 0.0589. The van der Waals surface area contributed by atoms with E-state index in [1.165, 1.54) is 0 Å². The first-order valence-electron chi connectivity index (χ1n) is 11.4. The fourth-order valence-corrected chi connectivity index (χ4v) is 4.59. The van der Waals surface area contributed by atoms with Gasteiger partial charge < -0.3 is 19.9 Å². The molecule has 0 aromatic heterocycles. The summed E-state index contributed by atoms with van der Waals surface area (Å²) in [5.74, 6) is 0.594. The number of carbonyl (C=O) groups is 2. The van der Waals surface area contributed by atoms with Crippen LogP contribution in [0.15, 0.2) is 72.8 Å². The van der Waals surface area contributed by atoms with E-state index in [4.69, 9.17) is 4.74 Å². The normalized spacial score (nSPS) is 17.2. The molecule has 6 heteroatoms. The number of nitrogens with one attached hydrogen (secondary N) is 1. The van der Waals surface area contributed by atoms with Gasteiger partial charge in [0.2, 0.25) is 0 Å². The molecule has 2 heterocycles. The molecule has 2 aliphatic rings. The van der Waals surface area contributed by atoms with Crippen LogP contribution in [0.5, 0.6) is 5.75 Å². The van der Waals surface area contributed by atoms with Crippen LogP contribution in [0.3, 0.4) is 0 Å². The molecule has 1 saturated heterocycles. The van der Waals surface area contributed by atoms with Crippen molar-refractivity contribution >= 4 is 23.2 Å². The maximum atomic E-state index is 12.9. The monoisotopic (exact) mass is 441 g/mol. The van der Waals surface area contributed by atoms with Crippen LogP contribution in [0.4, 0.5) is 11.4 Å². The molecule has 0 aliphatic carbocycles. The Kier molecular flexibility index (Phi) is 5.73. The summed E-state index contributed by atoms with van der Waals surface area (Å²) in [5, 5.41) is 2.94. The third-order valence-electron chi connectivity index (χ3n) is 6.41. The predicted octanol–water partition coefficient (Wildman–Crippen LogP) is 4.92. The number of ether oxygens (including phenoxy) is 1. The summed E-state index contributed by atoms with van der Waals surface area (Å²) in [7, 11) is 2.00. The van der Waals surface area contributed by atoms with Gasteiger partial charge in [-0.25, -0.2) is 0 Å². The molecular weight excluding hydrogens is 414 g/mol. The zero-order chi connectivity index (χ0) is 22.8. The van der Waals surface area contributed by atoms with Gasteiger partial charge in [0, 0.05) is 24.8 Å². The number of piperidine rings is 1. The molecule has 0 spiro atoms. The summed E-state index contributed by atoms with van der Waals surface area (Å²) in [5.41, 5.74) is 3.80. The van der Waals surface area contributed by atoms with Crippen molar-refractivity contribution in [3.05, 3.63) is 89.5 Å². The van der Waals surface area contributed by atoms with Crippen molar-refractivity contribution in [3.8, 4) is 5.75 Å². The first-order valence-corrected chi connectivity index (χ1v) is 11.4. The smallest absolute Gasteiger partial charge is 0.257 e. The number of hydrogen-bond donors (Lipinski definition) is 1. The number of fused-ring (bicyclic) bond motifs is 2. The molecule has 1 atom stereocenters. The number of anilines is 2. The van der Waals surface area contributed by atoms with Crippen molar-refractivity contribution in [2.24, 2.45) is 0 Å². The Morgan fingerprint density at radius 3 is 2.61 bits per heavy atom. The second-order valence-electron chi connectivity index (χ2n) is 8.57. The highest BCUT2D eigenvalue weighted by atomic mass is 16.5. The minimum atomic E-state index is -0.206. The number of benzene rings is 3. The number of carbonyl (C=O) groups excluding carboxylic acids is 2. The first kappa shape index (κ1) is 21.1. The second-order valence-corrected chi connectivity index (χ2v) is 8.57. The lowest BCUT2D eigenvalue weighted by atomic mass is 9.97. The average Bonchev–Trinajstić information content (AvgIpc) is 2.87. The number of amides is 2. The fourth-order valence-electron chi connectivity index (χ4n) is 4.59. The summed E-state index contributed by atoms with van der Waals surface area (Å²) >= 11 is 0. The van der Waals surface area contributed by atoms with Crippen molar-refractivity contribution in [2.75, 3.05) is 23.8 Å². The van der Waals surface area contributed by atoms with Gasteiger partial charge >= 0.3 is 0 Å². The molecule has 0 bridgehead atoms. The highest BCUT2D eigenvalue weighted by molar-refractivity contribution is 6.08. The van der Waals surface area contributed by atoms with E-state index in [0.29, 0.717) is 23.4 Å². The van der Waals surface area contributed by atoms with Crippen molar-refractivity contribution in [1.29, 1.82) is 0 Å². The minimum Gasteiger partial charge on any atom is -0.489 e. The summed E-state index contributed by atoms with van der Waals surface area (Å²) < 4.78 is 5.81. The maximum Gasteiger partial charge on any atom is 0.257 e. The third-order valence-corrected chi connectivity index (χ3v) is 6.41. The van der Waals surface area contributed by atoms with E-state index in [1.54, 1.807) is 12.1 Å². The Morgan fingerprint density at radius 2 is 1.82 bits per heavy atom. The van der Waals surface area contributed by atoms with Gasteiger partial charge in [-0.05, 0) is 67.3 Å². The number of rotatable bonds is 5.